The van der Waals surface area contributed by atoms with E-state index in [1.54, 1.807) is 0 Å². The van der Waals surface area contributed by atoms with Gasteiger partial charge in [-0.25, -0.2) is 0 Å². The van der Waals surface area contributed by atoms with Gasteiger partial charge in [-0.15, -0.1) is 11.6 Å². The monoisotopic (exact) mass is 291 g/mol. The molecule has 2 aromatic rings. The van der Waals surface area contributed by atoms with Gasteiger partial charge in [-0.1, -0.05) is 24.3 Å². The Morgan fingerprint density at radius 2 is 2.00 bits per heavy atom. The summed E-state index contributed by atoms with van der Waals surface area (Å²) >= 11 is 5.67. The molecule has 0 heterocycles. The molecule has 0 spiro atoms. The summed E-state index contributed by atoms with van der Waals surface area (Å²) in [7, 11) is 4.21. The van der Waals surface area contributed by atoms with Crippen molar-refractivity contribution in [3.63, 3.8) is 0 Å². The Labute approximate surface area is 126 Å². The molecule has 20 heavy (non-hydrogen) atoms. The van der Waals surface area contributed by atoms with Crippen LogP contribution in [-0.4, -0.2) is 38.0 Å². The van der Waals surface area contributed by atoms with E-state index in [0.29, 0.717) is 12.5 Å². The van der Waals surface area contributed by atoms with E-state index >= 15 is 0 Å². The van der Waals surface area contributed by atoms with Gasteiger partial charge < -0.3 is 9.64 Å². The summed E-state index contributed by atoms with van der Waals surface area (Å²) in [6.07, 6.45) is 1.93. The number of rotatable bonds is 7. The molecule has 2 nitrogen and oxygen atoms in total. The lowest BCUT2D eigenvalue weighted by Gasteiger charge is -2.12. The standard InChI is InChI=1S/C17H22ClNO/c1-19(2)11-9-15-6-3-5-14-7-8-16(13-17(14)15)20-12-4-10-18/h3,5-8,13H,4,9-12H2,1-2H3. The third-order valence-corrected chi connectivity index (χ3v) is 3.59. The third-order valence-electron chi connectivity index (χ3n) is 3.32. The van der Waals surface area contributed by atoms with Crippen LogP contribution in [0.1, 0.15) is 12.0 Å². The normalized spacial score (nSPS) is 11.2. The van der Waals surface area contributed by atoms with Crippen LogP contribution < -0.4 is 4.74 Å². The van der Waals surface area contributed by atoms with Gasteiger partial charge in [0.05, 0.1) is 6.61 Å². The van der Waals surface area contributed by atoms with Gasteiger partial charge in [0, 0.05) is 12.4 Å². The number of halogens is 1. The minimum absolute atomic E-state index is 0.641. The number of hydrogen-bond donors (Lipinski definition) is 0. The molecule has 0 aliphatic heterocycles. The minimum atomic E-state index is 0.641. The average molecular weight is 292 g/mol. The lowest BCUT2D eigenvalue weighted by atomic mass is 10.0. The summed E-state index contributed by atoms with van der Waals surface area (Å²) < 4.78 is 5.74. The van der Waals surface area contributed by atoms with Crippen LogP contribution in [0.15, 0.2) is 36.4 Å². The Morgan fingerprint density at radius 3 is 2.75 bits per heavy atom. The van der Waals surface area contributed by atoms with Crippen LogP contribution in [0.5, 0.6) is 5.75 Å². The molecule has 2 rings (SSSR count). The second-order valence-electron chi connectivity index (χ2n) is 5.24. The van der Waals surface area contributed by atoms with Gasteiger partial charge in [0.25, 0.3) is 0 Å². The highest BCUT2D eigenvalue weighted by Gasteiger charge is 2.04. The zero-order valence-corrected chi connectivity index (χ0v) is 13.0. The molecule has 0 saturated heterocycles. The highest BCUT2D eigenvalue weighted by Crippen LogP contribution is 2.24. The van der Waals surface area contributed by atoms with E-state index in [1.165, 1.54) is 16.3 Å². The first-order valence-corrected chi connectivity index (χ1v) is 7.59. The first-order chi connectivity index (χ1) is 9.70. The van der Waals surface area contributed by atoms with Crippen LogP contribution in [0.3, 0.4) is 0 Å². The van der Waals surface area contributed by atoms with E-state index in [0.717, 1.165) is 25.1 Å². The number of benzene rings is 2. The molecule has 108 valence electrons. The van der Waals surface area contributed by atoms with Crippen molar-refractivity contribution in [2.24, 2.45) is 0 Å². The minimum Gasteiger partial charge on any atom is -0.494 e. The van der Waals surface area contributed by atoms with Crippen LogP contribution >= 0.6 is 11.6 Å². The Bertz CT molecular complexity index is 554. The van der Waals surface area contributed by atoms with Crippen LogP contribution in [-0.2, 0) is 6.42 Å². The fourth-order valence-corrected chi connectivity index (χ4v) is 2.32. The quantitative estimate of drug-likeness (QED) is 0.566. The maximum Gasteiger partial charge on any atom is 0.119 e. The Hall–Kier alpha value is -1.25. The number of nitrogens with zero attached hydrogens (tertiary/aromatic N) is 1. The summed E-state index contributed by atoms with van der Waals surface area (Å²) in [5.74, 6) is 1.57. The largest absolute Gasteiger partial charge is 0.494 e. The molecule has 0 aliphatic carbocycles. The van der Waals surface area contributed by atoms with Crippen molar-refractivity contribution in [3.8, 4) is 5.75 Å². The van der Waals surface area contributed by atoms with Crippen molar-refractivity contribution in [3.05, 3.63) is 42.0 Å². The number of fused-ring (bicyclic) bond motifs is 1. The molecule has 0 radical (unpaired) electrons. The molecule has 0 N–H and O–H groups in total. The molecule has 0 atom stereocenters. The van der Waals surface area contributed by atoms with Crippen LogP contribution in [0.4, 0.5) is 0 Å². The van der Waals surface area contributed by atoms with E-state index in [-0.39, 0.29) is 0 Å². The number of likely N-dealkylation sites (N-methyl/N-ethyl adjacent to an activating group) is 1. The first kappa shape index (κ1) is 15.1. The van der Waals surface area contributed by atoms with E-state index < -0.39 is 0 Å². The summed E-state index contributed by atoms with van der Waals surface area (Å²) in [6, 6.07) is 12.8. The maximum absolute atomic E-state index is 5.74. The second-order valence-corrected chi connectivity index (χ2v) is 5.62. The van der Waals surface area contributed by atoms with Crippen molar-refractivity contribution in [1.82, 2.24) is 4.90 Å². The Kier molecular flexibility index (Phi) is 5.69. The number of hydrogen-bond acceptors (Lipinski definition) is 2. The van der Waals surface area contributed by atoms with Gasteiger partial charge in [-0.05, 0) is 55.4 Å². The lowest BCUT2D eigenvalue weighted by molar-refractivity contribution is 0.319. The zero-order chi connectivity index (χ0) is 14.4. The first-order valence-electron chi connectivity index (χ1n) is 7.06. The summed E-state index contributed by atoms with van der Waals surface area (Å²) in [5.41, 5.74) is 1.37. The second kappa shape index (κ2) is 7.51. The fraction of sp³-hybridized carbons (Fsp3) is 0.412. The topological polar surface area (TPSA) is 12.5 Å². The third kappa shape index (κ3) is 4.12. The molecular formula is C17H22ClNO. The van der Waals surface area contributed by atoms with Gasteiger partial charge in [-0.2, -0.15) is 0 Å². The molecule has 3 heteroatoms. The molecule has 0 fully saturated rings. The van der Waals surface area contributed by atoms with Gasteiger partial charge in [0.15, 0.2) is 0 Å². The summed E-state index contributed by atoms with van der Waals surface area (Å²) in [6.45, 7) is 1.73. The SMILES string of the molecule is CN(C)CCc1cccc2ccc(OCCCCl)cc12. The molecule has 0 aliphatic rings. The summed E-state index contributed by atoms with van der Waals surface area (Å²) in [5, 5.41) is 2.56. The highest BCUT2D eigenvalue weighted by atomic mass is 35.5. The molecule has 0 bridgehead atoms. The van der Waals surface area contributed by atoms with Crippen molar-refractivity contribution in [1.29, 1.82) is 0 Å². The highest BCUT2D eigenvalue weighted by molar-refractivity contribution is 6.17. The molecule has 0 aromatic heterocycles. The number of alkyl halides is 1. The fourth-order valence-electron chi connectivity index (χ4n) is 2.21. The van der Waals surface area contributed by atoms with Crippen molar-refractivity contribution in [2.75, 3.05) is 33.1 Å². The zero-order valence-electron chi connectivity index (χ0n) is 12.2. The van der Waals surface area contributed by atoms with Crippen LogP contribution in [0, 0.1) is 0 Å². The van der Waals surface area contributed by atoms with Gasteiger partial charge in [0.1, 0.15) is 5.75 Å². The lowest BCUT2D eigenvalue weighted by Crippen LogP contribution is -2.15. The average Bonchev–Trinajstić information content (AvgIpc) is 2.45. The predicted molar refractivity (Wildman–Crippen MR) is 87.0 cm³/mol. The Morgan fingerprint density at radius 1 is 1.15 bits per heavy atom. The Balaban J connectivity index is 2.21. The van der Waals surface area contributed by atoms with Crippen molar-refractivity contribution < 1.29 is 4.74 Å². The maximum atomic E-state index is 5.74. The van der Waals surface area contributed by atoms with Gasteiger partial charge >= 0.3 is 0 Å². The van der Waals surface area contributed by atoms with Crippen LogP contribution in [0.25, 0.3) is 10.8 Å². The smallest absolute Gasteiger partial charge is 0.119 e. The molecule has 0 amide bonds. The van der Waals surface area contributed by atoms with E-state index in [4.69, 9.17) is 16.3 Å². The van der Waals surface area contributed by atoms with Gasteiger partial charge in [0.2, 0.25) is 0 Å². The predicted octanol–water partition coefficient (Wildman–Crippen LogP) is 3.95. The number of ether oxygens (including phenoxy) is 1. The molecule has 0 unspecified atom stereocenters. The van der Waals surface area contributed by atoms with Crippen molar-refractivity contribution >= 4 is 22.4 Å². The van der Waals surface area contributed by atoms with Crippen molar-refractivity contribution in [2.45, 2.75) is 12.8 Å². The molecular weight excluding hydrogens is 270 g/mol. The van der Waals surface area contributed by atoms with Gasteiger partial charge in [-0.3, -0.25) is 0 Å². The van der Waals surface area contributed by atoms with E-state index in [1.807, 2.05) is 6.07 Å². The van der Waals surface area contributed by atoms with E-state index in [9.17, 15) is 0 Å². The van der Waals surface area contributed by atoms with Crippen LogP contribution in [0.2, 0.25) is 0 Å². The summed E-state index contributed by atoms with van der Waals surface area (Å²) in [4.78, 5) is 2.21. The van der Waals surface area contributed by atoms with E-state index in [2.05, 4.69) is 49.3 Å². The molecule has 2 aromatic carbocycles. The molecule has 0 saturated carbocycles.